The molecule has 4 aromatic rings. The Hall–Kier alpha value is -2.67. The van der Waals surface area contributed by atoms with Gasteiger partial charge in [-0.3, -0.25) is 4.98 Å². The first-order chi connectivity index (χ1) is 10.3. The number of pyridine rings is 1. The largest absolute Gasteiger partial charge is 0.256 e. The van der Waals surface area contributed by atoms with E-state index in [4.69, 9.17) is 0 Å². The van der Waals surface area contributed by atoms with Gasteiger partial charge in [-0.25, -0.2) is 0 Å². The summed E-state index contributed by atoms with van der Waals surface area (Å²) in [5.41, 5.74) is 3.49. The SMILES string of the molecule is Cc1cccc(-c2nccc3c2ccc2ccccc23)c1. The van der Waals surface area contributed by atoms with E-state index in [1.54, 1.807) is 0 Å². The molecular formula is C20H15N. The summed E-state index contributed by atoms with van der Waals surface area (Å²) in [4.78, 5) is 4.63. The third-order valence-corrected chi connectivity index (χ3v) is 3.96. The van der Waals surface area contributed by atoms with E-state index in [-0.39, 0.29) is 0 Å². The number of aryl methyl sites for hydroxylation is 1. The zero-order chi connectivity index (χ0) is 14.2. The Morgan fingerprint density at radius 1 is 0.714 bits per heavy atom. The maximum absolute atomic E-state index is 4.63. The van der Waals surface area contributed by atoms with Gasteiger partial charge in [0.25, 0.3) is 0 Å². The number of nitrogens with zero attached hydrogens (tertiary/aromatic N) is 1. The Labute approximate surface area is 123 Å². The molecule has 1 aromatic heterocycles. The molecule has 0 saturated heterocycles. The fourth-order valence-corrected chi connectivity index (χ4v) is 2.96. The molecule has 0 aliphatic rings. The molecule has 0 fully saturated rings. The van der Waals surface area contributed by atoms with Gasteiger partial charge in [0.2, 0.25) is 0 Å². The summed E-state index contributed by atoms with van der Waals surface area (Å²) in [5, 5.41) is 5.03. The van der Waals surface area contributed by atoms with Gasteiger partial charge in [-0.2, -0.15) is 0 Å². The lowest BCUT2D eigenvalue weighted by atomic mass is 9.98. The van der Waals surface area contributed by atoms with E-state index in [0.717, 1.165) is 5.69 Å². The van der Waals surface area contributed by atoms with E-state index in [2.05, 4.69) is 78.6 Å². The molecule has 1 nitrogen and oxygen atoms in total. The fraction of sp³-hybridized carbons (Fsp3) is 0.0500. The summed E-state index contributed by atoms with van der Waals surface area (Å²) < 4.78 is 0. The van der Waals surface area contributed by atoms with Crippen molar-refractivity contribution in [3.05, 3.63) is 78.5 Å². The van der Waals surface area contributed by atoms with Crippen molar-refractivity contribution < 1.29 is 0 Å². The Kier molecular flexibility index (Phi) is 2.71. The highest BCUT2D eigenvalue weighted by Crippen LogP contribution is 2.31. The molecule has 0 N–H and O–H groups in total. The third-order valence-electron chi connectivity index (χ3n) is 3.96. The minimum Gasteiger partial charge on any atom is -0.256 e. The van der Waals surface area contributed by atoms with Crippen LogP contribution in [0.4, 0.5) is 0 Å². The lowest BCUT2D eigenvalue weighted by Gasteiger charge is -2.09. The standard InChI is InChI=1S/C20H15N/c1-14-5-4-7-16(13-14)20-19-10-9-15-6-2-3-8-17(15)18(19)11-12-21-20/h2-13H,1H3. The van der Waals surface area contributed by atoms with Crippen molar-refractivity contribution in [1.29, 1.82) is 0 Å². The van der Waals surface area contributed by atoms with Gasteiger partial charge in [0.05, 0.1) is 5.69 Å². The fourth-order valence-electron chi connectivity index (χ4n) is 2.96. The van der Waals surface area contributed by atoms with Crippen LogP contribution in [0.2, 0.25) is 0 Å². The van der Waals surface area contributed by atoms with Crippen molar-refractivity contribution in [2.24, 2.45) is 0 Å². The van der Waals surface area contributed by atoms with Crippen molar-refractivity contribution >= 4 is 21.5 Å². The normalized spacial score (nSPS) is 11.1. The van der Waals surface area contributed by atoms with Crippen molar-refractivity contribution in [2.75, 3.05) is 0 Å². The Bertz CT molecular complexity index is 954. The predicted octanol–water partition coefficient (Wildman–Crippen LogP) is 5.36. The van der Waals surface area contributed by atoms with Crippen LogP contribution in [0.15, 0.2) is 72.9 Å². The van der Waals surface area contributed by atoms with Crippen LogP contribution >= 0.6 is 0 Å². The lowest BCUT2D eigenvalue weighted by molar-refractivity contribution is 1.35. The van der Waals surface area contributed by atoms with Crippen LogP contribution in [0, 0.1) is 6.92 Å². The van der Waals surface area contributed by atoms with Crippen LogP contribution < -0.4 is 0 Å². The monoisotopic (exact) mass is 269 g/mol. The van der Waals surface area contributed by atoms with Crippen LogP contribution in [0.5, 0.6) is 0 Å². The number of benzene rings is 3. The lowest BCUT2D eigenvalue weighted by Crippen LogP contribution is -1.87. The highest BCUT2D eigenvalue weighted by Gasteiger charge is 2.07. The Balaban J connectivity index is 2.09. The molecule has 0 spiro atoms. The second kappa shape index (κ2) is 4.71. The summed E-state index contributed by atoms with van der Waals surface area (Å²) in [6, 6.07) is 23.5. The minimum absolute atomic E-state index is 1.06. The molecule has 21 heavy (non-hydrogen) atoms. The number of fused-ring (bicyclic) bond motifs is 3. The van der Waals surface area contributed by atoms with Crippen LogP contribution in [0.1, 0.15) is 5.56 Å². The van der Waals surface area contributed by atoms with Gasteiger partial charge >= 0.3 is 0 Å². The quantitative estimate of drug-likeness (QED) is 0.424. The molecule has 0 saturated carbocycles. The van der Waals surface area contributed by atoms with Gasteiger partial charge in [0.15, 0.2) is 0 Å². The molecule has 0 radical (unpaired) electrons. The summed E-state index contributed by atoms with van der Waals surface area (Å²) in [6.45, 7) is 2.12. The van der Waals surface area contributed by atoms with Crippen LogP contribution in [-0.2, 0) is 0 Å². The summed E-state index contributed by atoms with van der Waals surface area (Å²) in [6.07, 6.45) is 1.91. The van der Waals surface area contributed by atoms with Gasteiger partial charge < -0.3 is 0 Å². The molecular weight excluding hydrogens is 254 g/mol. The van der Waals surface area contributed by atoms with E-state index in [9.17, 15) is 0 Å². The molecule has 1 heterocycles. The first kappa shape index (κ1) is 12.1. The smallest absolute Gasteiger partial charge is 0.0780 e. The Morgan fingerprint density at radius 2 is 1.62 bits per heavy atom. The first-order valence-electron chi connectivity index (χ1n) is 7.16. The average molecular weight is 269 g/mol. The Morgan fingerprint density at radius 3 is 2.52 bits per heavy atom. The number of hydrogen-bond acceptors (Lipinski definition) is 1. The molecule has 0 aliphatic heterocycles. The van der Waals surface area contributed by atoms with E-state index in [1.165, 1.54) is 32.7 Å². The number of aromatic nitrogens is 1. The summed E-state index contributed by atoms with van der Waals surface area (Å²) in [7, 11) is 0. The van der Waals surface area contributed by atoms with Gasteiger partial charge in [-0.1, -0.05) is 60.2 Å². The van der Waals surface area contributed by atoms with E-state index in [0.29, 0.717) is 0 Å². The zero-order valence-electron chi connectivity index (χ0n) is 11.9. The van der Waals surface area contributed by atoms with Gasteiger partial charge in [0.1, 0.15) is 0 Å². The topological polar surface area (TPSA) is 12.9 Å². The number of hydrogen-bond donors (Lipinski definition) is 0. The van der Waals surface area contributed by atoms with Gasteiger partial charge in [0, 0.05) is 17.1 Å². The second-order valence-electron chi connectivity index (χ2n) is 5.41. The maximum atomic E-state index is 4.63. The summed E-state index contributed by atoms with van der Waals surface area (Å²) >= 11 is 0. The highest BCUT2D eigenvalue weighted by atomic mass is 14.7. The van der Waals surface area contributed by atoms with E-state index >= 15 is 0 Å². The first-order valence-corrected chi connectivity index (χ1v) is 7.16. The maximum Gasteiger partial charge on any atom is 0.0780 e. The minimum atomic E-state index is 1.06. The molecule has 4 rings (SSSR count). The van der Waals surface area contributed by atoms with E-state index < -0.39 is 0 Å². The van der Waals surface area contributed by atoms with Crippen molar-refractivity contribution in [2.45, 2.75) is 6.92 Å². The van der Waals surface area contributed by atoms with Crippen LogP contribution in [0.25, 0.3) is 32.8 Å². The number of rotatable bonds is 1. The van der Waals surface area contributed by atoms with Crippen LogP contribution in [-0.4, -0.2) is 4.98 Å². The molecule has 1 heteroatoms. The third kappa shape index (κ3) is 1.98. The average Bonchev–Trinajstić information content (AvgIpc) is 2.54. The van der Waals surface area contributed by atoms with Gasteiger partial charge in [-0.15, -0.1) is 0 Å². The zero-order valence-corrected chi connectivity index (χ0v) is 11.9. The van der Waals surface area contributed by atoms with Crippen molar-refractivity contribution in [3.8, 4) is 11.3 Å². The molecule has 0 amide bonds. The predicted molar refractivity (Wildman–Crippen MR) is 89.4 cm³/mol. The molecule has 0 aliphatic carbocycles. The van der Waals surface area contributed by atoms with Crippen molar-refractivity contribution in [1.82, 2.24) is 4.98 Å². The highest BCUT2D eigenvalue weighted by molar-refractivity contribution is 6.11. The molecule has 100 valence electrons. The molecule has 0 bridgehead atoms. The molecule has 3 aromatic carbocycles. The van der Waals surface area contributed by atoms with Gasteiger partial charge in [-0.05, 0) is 35.2 Å². The van der Waals surface area contributed by atoms with E-state index in [1.807, 2.05) is 6.20 Å². The van der Waals surface area contributed by atoms with Crippen LogP contribution in [0.3, 0.4) is 0 Å². The molecule has 0 unspecified atom stereocenters. The second-order valence-corrected chi connectivity index (χ2v) is 5.41. The van der Waals surface area contributed by atoms with Crippen molar-refractivity contribution in [3.63, 3.8) is 0 Å². The summed E-state index contributed by atoms with van der Waals surface area (Å²) in [5.74, 6) is 0. The molecule has 0 atom stereocenters.